The van der Waals surface area contributed by atoms with E-state index in [-0.39, 0.29) is 5.82 Å². The summed E-state index contributed by atoms with van der Waals surface area (Å²) in [7, 11) is 0. The van der Waals surface area contributed by atoms with Gasteiger partial charge in [-0.25, -0.2) is 15.0 Å². The Morgan fingerprint density at radius 1 is 0.397 bits per heavy atom. The first-order chi connectivity index (χ1) is 30.7. The molecule has 10 rings (SSSR count). The van der Waals surface area contributed by atoms with Gasteiger partial charge in [-0.1, -0.05) is 127 Å². The van der Waals surface area contributed by atoms with Gasteiger partial charge in [0.15, 0.2) is 17.5 Å². The molecule has 0 bridgehead atoms. The maximum Gasteiger partial charge on any atom is 0.416 e. The summed E-state index contributed by atoms with van der Waals surface area (Å²) in [5.41, 5.74) is 9.42. The Morgan fingerprint density at radius 2 is 0.873 bits per heavy atom. The van der Waals surface area contributed by atoms with Crippen LogP contribution in [0.4, 0.5) is 13.2 Å². The van der Waals surface area contributed by atoms with Crippen LogP contribution in [-0.4, -0.2) is 19.5 Å². The summed E-state index contributed by atoms with van der Waals surface area (Å²) in [6.45, 7) is 0. The van der Waals surface area contributed by atoms with Crippen LogP contribution in [0.5, 0.6) is 0 Å². The Kier molecular flexibility index (Phi) is 9.63. The highest BCUT2D eigenvalue weighted by Gasteiger charge is 2.31. The third kappa shape index (κ3) is 7.35. The third-order valence-corrected chi connectivity index (χ3v) is 11.2. The van der Waals surface area contributed by atoms with Crippen LogP contribution in [0.25, 0.3) is 95.0 Å². The topological polar surface area (TPSA) is 91.2 Å². The number of alkyl halides is 3. The molecule has 0 N–H and O–H groups in total. The second-order valence-corrected chi connectivity index (χ2v) is 15.0. The zero-order valence-corrected chi connectivity index (χ0v) is 33.2. The van der Waals surface area contributed by atoms with Crippen molar-refractivity contribution in [3.8, 4) is 85.4 Å². The SMILES string of the molecule is N#Cc1ccc(-c2ccc3c4ccc(-c5ccc(C#N)cc5)cc4n(-c4ccc(-c5cccc(C(F)(F)F)c5)c(-c5nc(-c6ccccc6)nc(-c6ccccc6)n5)c4)c3c2)cc1. The monoisotopic (exact) mass is 820 g/mol. The van der Waals surface area contributed by atoms with Crippen LogP contribution in [0, 0.1) is 22.7 Å². The first-order valence-electron chi connectivity index (χ1n) is 20.0. The molecule has 0 aliphatic rings. The lowest BCUT2D eigenvalue weighted by Crippen LogP contribution is -2.05. The third-order valence-electron chi connectivity index (χ3n) is 11.2. The highest BCUT2D eigenvalue weighted by Crippen LogP contribution is 2.41. The molecule has 8 aromatic carbocycles. The molecule has 63 heavy (non-hydrogen) atoms. The molecule has 2 heterocycles. The van der Waals surface area contributed by atoms with Crippen molar-refractivity contribution in [1.82, 2.24) is 19.5 Å². The van der Waals surface area contributed by atoms with E-state index >= 15 is 0 Å². The van der Waals surface area contributed by atoms with Crippen molar-refractivity contribution in [3.05, 3.63) is 205 Å². The van der Waals surface area contributed by atoms with Gasteiger partial charge in [0, 0.05) is 33.2 Å². The van der Waals surface area contributed by atoms with E-state index in [9.17, 15) is 23.7 Å². The van der Waals surface area contributed by atoms with Crippen LogP contribution in [0.2, 0.25) is 0 Å². The fraction of sp³-hybridized carbons (Fsp3) is 0.0185. The fourth-order valence-electron chi connectivity index (χ4n) is 8.03. The number of hydrogen-bond donors (Lipinski definition) is 0. The number of benzene rings is 8. The highest BCUT2D eigenvalue weighted by atomic mass is 19.4. The van der Waals surface area contributed by atoms with E-state index in [2.05, 4.69) is 53.1 Å². The smallest absolute Gasteiger partial charge is 0.309 e. The normalized spacial score (nSPS) is 11.4. The maximum atomic E-state index is 14.3. The Labute approximate surface area is 360 Å². The Balaban J connectivity index is 1.27. The van der Waals surface area contributed by atoms with Crippen molar-refractivity contribution >= 4 is 21.8 Å². The van der Waals surface area contributed by atoms with Crippen molar-refractivity contribution < 1.29 is 13.2 Å². The Hall–Kier alpha value is -8.66. The van der Waals surface area contributed by atoms with E-state index < -0.39 is 11.7 Å². The fourth-order valence-corrected chi connectivity index (χ4v) is 8.03. The Morgan fingerprint density at radius 3 is 1.37 bits per heavy atom. The van der Waals surface area contributed by atoms with Crippen molar-refractivity contribution in [1.29, 1.82) is 10.5 Å². The van der Waals surface area contributed by atoms with Gasteiger partial charge >= 0.3 is 6.18 Å². The molecule has 0 fully saturated rings. The molecular formula is C54H31F3N6. The van der Waals surface area contributed by atoms with E-state index in [1.165, 1.54) is 6.07 Å². The van der Waals surface area contributed by atoms with Gasteiger partial charge in [0.1, 0.15) is 0 Å². The zero-order valence-electron chi connectivity index (χ0n) is 33.2. The minimum absolute atomic E-state index is 0.286. The molecule has 0 saturated heterocycles. The summed E-state index contributed by atoms with van der Waals surface area (Å²) in [4.78, 5) is 15.0. The largest absolute Gasteiger partial charge is 0.416 e. The lowest BCUT2D eigenvalue weighted by atomic mass is 9.96. The first kappa shape index (κ1) is 38.5. The van der Waals surface area contributed by atoms with Gasteiger partial charge in [-0.05, 0) is 94.0 Å². The van der Waals surface area contributed by atoms with Gasteiger partial charge in [0.2, 0.25) is 0 Å². The number of nitriles is 2. The van der Waals surface area contributed by atoms with Crippen LogP contribution >= 0.6 is 0 Å². The summed E-state index contributed by atoms with van der Waals surface area (Å²) < 4.78 is 44.9. The molecular weight excluding hydrogens is 790 g/mol. The van der Waals surface area contributed by atoms with Crippen molar-refractivity contribution in [2.24, 2.45) is 0 Å². The van der Waals surface area contributed by atoms with E-state index in [0.717, 1.165) is 73.0 Å². The number of halogens is 3. The summed E-state index contributed by atoms with van der Waals surface area (Å²) in [5, 5.41) is 20.9. The van der Waals surface area contributed by atoms with Gasteiger partial charge in [-0.2, -0.15) is 23.7 Å². The molecule has 6 nitrogen and oxygen atoms in total. The lowest BCUT2D eigenvalue weighted by Gasteiger charge is -2.17. The predicted molar refractivity (Wildman–Crippen MR) is 241 cm³/mol. The van der Waals surface area contributed by atoms with Gasteiger partial charge in [-0.15, -0.1) is 0 Å². The van der Waals surface area contributed by atoms with Crippen LogP contribution in [-0.2, 0) is 6.18 Å². The standard InChI is InChI=1S/C54H31F3N6/c55-54(56,57)43-13-7-12-42(28-43)45-27-24-44(31-48(45)53-61-51(38-8-3-1-4-9-38)60-52(62-53)39-10-5-2-6-11-39)63-49-29-40(36-18-14-34(32-58)15-19-36)22-25-46(49)47-26-23-41(30-50(47)63)37-20-16-35(33-59)17-21-37/h1-31H. The summed E-state index contributed by atoms with van der Waals surface area (Å²) in [6.07, 6.45) is -4.56. The number of hydrogen-bond acceptors (Lipinski definition) is 5. The second-order valence-electron chi connectivity index (χ2n) is 15.0. The summed E-state index contributed by atoms with van der Waals surface area (Å²) >= 11 is 0. The number of aromatic nitrogens is 4. The van der Waals surface area contributed by atoms with Crippen LogP contribution in [0.15, 0.2) is 188 Å². The number of rotatable bonds is 7. The molecule has 2 aromatic heterocycles. The van der Waals surface area contributed by atoms with Crippen LogP contribution in [0.3, 0.4) is 0 Å². The molecule has 298 valence electrons. The summed E-state index contributed by atoms with van der Waals surface area (Å²) in [6, 6.07) is 61.8. The second kappa shape index (κ2) is 15.7. The molecule has 0 aliphatic carbocycles. The average molecular weight is 821 g/mol. The minimum atomic E-state index is -4.56. The molecule has 9 heteroatoms. The lowest BCUT2D eigenvalue weighted by molar-refractivity contribution is -0.137. The maximum absolute atomic E-state index is 14.3. The average Bonchev–Trinajstić information content (AvgIpc) is 3.67. The minimum Gasteiger partial charge on any atom is -0.309 e. The van der Waals surface area contributed by atoms with E-state index in [1.54, 1.807) is 30.3 Å². The molecule has 0 amide bonds. The van der Waals surface area contributed by atoms with E-state index in [1.807, 2.05) is 103 Å². The Bertz CT molecular complexity index is 3260. The van der Waals surface area contributed by atoms with Crippen molar-refractivity contribution in [3.63, 3.8) is 0 Å². The van der Waals surface area contributed by atoms with E-state index in [4.69, 9.17) is 15.0 Å². The molecule has 0 radical (unpaired) electrons. The highest BCUT2D eigenvalue weighted by molar-refractivity contribution is 6.11. The van der Waals surface area contributed by atoms with Gasteiger partial charge in [0.25, 0.3) is 0 Å². The van der Waals surface area contributed by atoms with Crippen LogP contribution < -0.4 is 0 Å². The molecule has 0 unspecified atom stereocenters. The molecule has 0 spiro atoms. The quantitative estimate of drug-likeness (QED) is 0.160. The first-order valence-corrected chi connectivity index (χ1v) is 20.0. The van der Waals surface area contributed by atoms with Gasteiger partial charge < -0.3 is 4.57 Å². The molecule has 10 aromatic rings. The number of nitrogens with zero attached hydrogens (tertiary/aromatic N) is 6. The van der Waals surface area contributed by atoms with Gasteiger partial charge in [0.05, 0.1) is 39.9 Å². The predicted octanol–water partition coefficient (Wildman–Crippen LogP) is 13.7. The van der Waals surface area contributed by atoms with Crippen molar-refractivity contribution in [2.45, 2.75) is 6.18 Å². The number of fused-ring (bicyclic) bond motifs is 3. The van der Waals surface area contributed by atoms with Crippen molar-refractivity contribution in [2.75, 3.05) is 0 Å². The van der Waals surface area contributed by atoms with Gasteiger partial charge in [-0.3, -0.25) is 0 Å². The molecule has 0 atom stereocenters. The zero-order chi connectivity index (χ0) is 43.1. The van der Waals surface area contributed by atoms with E-state index in [0.29, 0.717) is 39.5 Å². The van der Waals surface area contributed by atoms with Crippen LogP contribution in [0.1, 0.15) is 16.7 Å². The molecule has 0 saturated carbocycles. The molecule has 0 aliphatic heterocycles. The summed E-state index contributed by atoms with van der Waals surface area (Å²) in [5.74, 6) is 1.11.